The molecule has 3 nitrogen and oxygen atoms in total. The van der Waals surface area contributed by atoms with Crippen LogP contribution in [0, 0.1) is 6.92 Å². The first-order valence-corrected chi connectivity index (χ1v) is 7.82. The Bertz CT molecular complexity index is 470. The molecule has 0 radical (unpaired) electrons. The summed E-state index contributed by atoms with van der Waals surface area (Å²) >= 11 is 0. The average Bonchev–Trinajstić information content (AvgIpc) is 2.93. The van der Waals surface area contributed by atoms with Crippen molar-refractivity contribution in [3.63, 3.8) is 0 Å². The maximum absolute atomic E-state index is 12.8. The fourth-order valence-corrected chi connectivity index (χ4v) is 2.93. The number of benzene rings is 1. The topological polar surface area (TPSA) is 32.3 Å². The number of hydrogen-bond donors (Lipinski definition) is 1. The highest BCUT2D eigenvalue weighted by Gasteiger charge is 2.29. The summed E-state index contributed by atoms with van der Waals surface area (Å²) in [6.07, 6.45) is 4.39. The minimum absolute atomic E-state index is 0.188. The molecule has 110 valence electrons. The number of carbonyl (C=O) groups excluding carboxylic acids is 1. The Morgan fingerprint density at radius 3 is 2.90 bits per heavy atom. The van der Waals surface area contributed by atoms with Crippen LogP contribution in [0.4, 0.5) is 5.69 Å². The van der Waals surface area contributed by atoms with Gasteiger partial charge in [-0.1, -0.05) is 19.9 Å². The smallest absolute Gasteiger partial charge is 0.256 e. The zero-order chi connectivity index (χ0) is 14.5. The molecule has 1 aliphatic rings. The first-order valence-electron chi connectivity index (χ1n) is 7.82. The summed E-state index contributed by atoms with van der Waals surface area (Å²) in [6.45, 7) is 8.18. The molecule has 1 amide bonds. The van der Waals surface area contributed by atoms with Gasteiger partial charge in [0, 0.05) is 24.8 Å². The second-order valence-electron chi connectivity index (χ2n) is 5.68. The quantitative estimate of drug-likeness (QED) is 0.885. The first kappa shape index (κ1) is 14.9. The molecule has 1 aromatic rings. The number of anilines is 1. The SMILES string of the molecule is CCCNc1cc(C)ccc1C(=O)N1CCCC1CC. The number of nitrogens with zero attached hydrogens (tertiary/aromatic N) is 1. The zero-order valence-corrected chi connectivity index (χ0v) is 12.9. The van der Waals surface area contributed by atoms with Crippen molar-refractivity contribution < 1.29 is 4.79 Å². The van der Waals surface area contributed by atoms with Gasteiger partial charge in [0.1, 0.15) is 0 Å². The summed E-state index contributed by atoms with van der Waals surface area (Å²) < 4.78 is 0. The van der Waals surface area contributed by atoms with Crippen LogP contribution >= 0.6 is 0 Å². The van der Waals surface area contributed by atoms with Crippen molar-refractivity contribution in [3.05, 3.63) is 29.3 Å². The van der Waals surface area contributed by atoms with Gasteiger partial charge in [0.15, 0.2) is 0 Å². The summed E-state index contributed by atoms with van der Waals surface area (Å²) in [5, 5.41) is 3.39. The van der Waals surface area contributed by atoms with Crippen LogP contribution in [0.5, 0.6) is 0 Å². The van der Waals surface area contributed by atoms with Crippen molar-refractivity contribution in [2.45, 2.75) is 52.5 Å². The highest BCUT2D eigenvalue weighted by Crippen LogP contribution is 2.26. The predicted octanol–water partition coefficient (Wildman–Crippen LogP) is 3.83. The summed E-state index contributed by atoms with van der Waals surface area (Å²) in [5.74, 6) is 0.188. The van der Waals surface area contributed by atoms with Gasteiger partial charge in [-0.15, -0.1) is 0 Å². The predicted molar refractivity (Wildman–Crippen MR) is 84.3 cm³/mol. The maximum Gasteiger partial charge on any atom is 0.256 e. The molecule has 3 heteroatoms. The molecular weight excluding hydrogens is 248 g/mol. The van der Waals surface area contributed by atoms with Crippen molar-refractivity contribution >= 4 is 11.6 Å². The Balaban J connectivity index is 2.24. The highest BCUT2D eigenvalue weighted by molar-refractivity contribution is 6.00. The Kier molecular flexibility index (Phi) is 5.05. The Morgan fingerprint density at radius 2 is 2.20 bits per heavy atom. The van der Waals surface area contributed by atoms with Crippen LogP contribution in [0.3, 0.4) is 0 Å². The van der Waals surface area contributed by atoms with Gasteiger partial charge in [-0.2, -0.15) is 0 Å². The van der Waals surface area contributed by atoms with Gasteiger partial charge in [-0.05, 0) is 50.3 Å². The molecule has 1 atom stereocenters. The molecule has 0 aromatic heterocycles. The number of likely N-dealkylation sites (tertiary alicyclic amines) is 1. The lowest BCUT2D eigenvalue weighted by molar-refractivity contribution is 0.0734. The van der Waals surface area contributed by atoms with Crippen molar-refractivity contribution in [2.75, 3.05) is 18.4 Å². The molecule has 0 bridgehead atoms. The second-order valence-corrected chi connectivity index (χ2v) is 5.68. The van der Waals surface area contributed by atoms with Crippen molar-refractivity contribution in [2.24, 2.45) is 0 Å². The minimum atomic E-state index is 0.188. The molecule has 1 saturated heterocycles. The maximum atomic E-state index is 12.8. The normalized spacial score (nSPS) is 18.4. The van der Waals surface area contributed by atoms with Crippen LogP contribution in [0.1, 0.15) is 55.5 Å². The van der Waals surface area contributed by atoms with Crippen molar-refractivity contribution in [3.8, 4) is 0 Å². The fraction of sp³-hybridized carbons (Fsp3) is 0.588. The number of rotatable bonds is 5. The summed E-state index contributed by atoms with van der Waals surface area (Å²) in [6, 6.07) is 6.50. The van der Waals surface area contributed by atoms with Gasteiger partial charge < -0.3 is 10.2 Å². The van der Waals surface area contributed by atoms with E-state index in [4.69, 9.17) is 0 Å². The summed E-state index contributed by atoms with van der Waals surface area (Å²) in [5.41, 5.74) is 3.00. The molecule has 0 spiro atoms. The molecular formula is C17H26N2O. The largest absolute Gasteiger partial charge is 0.384 e. The summed E-state index contributed by atoms with van der Waals surface area (Å²) in [4.78, 5) is 14.9. The van der Waals surface area contributed by atoms with Gasteiger partial charge in [0.05, 0.1) is 5.56 Å². The Hall–Kier alpha value is -1.51. The molecule has 2 rings (SSSR count). The van der Waals surface area contributed by atoms with Crippen LogP contribution in [-0.4, -0.2) is 29.9 Å². The Morgan fingerprint density at radius 1 is 1.40 bits per heavy atom. The van der Waals surface area contributed by atoms with Crippen molar-refractivity contribution in [1.29, 1.82) is 0 Å². The van der Waals surface area contributed by atoms with E-state index in [-0.39, 0.29) is 5.91 Å². The van der Waals surface area contributed by atoms with Crippen LogP contribution in [0.25, 0.3) is 0 Å². The van der Waals surface area contributed by atoms with Gasteiger partial charge in [-0.25, -0.2) is 0 Å². The van der Waals surface area contributed by atoms with Crippen LogP contribution in [-0.2, 0) is 0 Å². The molecule has 1 aromatic carbocycles. The van der Waals surface area contributed by atoms with Crippen LogP contribution in [0.15, 0.2) is 18.2 Å². The third-order valence-corrected chi connectivity index (χ3v) is 4.08. The van der Waals surface area contributed by atoms with E-state index in [0.717, 1.165) is 50.0 Å². The Labute approximate surface area is 122 Å². The zero-order valence-electron chi connectivity index (χ0n) is 12.9. The molecule has 1 aliphatic heterocycles. The van der Waals surface area contributed by atoms with Gasteiger partial charge in [0.2, 0.25) is 0 Å². The van der Waals surface area contributed by atoms with E-state index < -0.39 is 0 Å². The lowest BCUT2D eigenvalue weighted by Crippen LogP contribution is -2.35. The van der Waals surface area contributed by atoms with E-state index >= 15 is 0 Å². The number of carbonyl (C=O) groups is 1. The van der Waals surface area contributed by atoms with Gasteiger partial charge in [0.25, 0.3) is 5.91 Å². The number of nitrogens with one attached hydrogen (secondary N) is 1. The van der Waals surface area contributed by atoms with E-state index in [1.54, 1.807) is 0 Å². The molecule has 1 fully saturated rings. The van der Waals surface area contributed by atoms with E-state index in [1.165, 1.54) is 5.56 Å². The number of amides is 1. The first-order chi connectivity index (χ1) is 9.67. The lowest BCUT2D eigenvalue weighted by atomic mass is 10.1. The summed E-state index contributed by atoms with van der Waals surface area (Å²) in [7, 11) is 0. The number of aryl methyl sites for hydroxylation is 1. The molecule has 0 aliphatic carbocycles. The highest BCUT2D eigenvalue weighted by atomic mass is 16.2. The third kappa shape index (κ3) is 3.14. The minimum Gasteiger partial charge on any atom is -0.384 e. The fourth-order valence-electron chi connectivity index (χ4n) is 2.93. The molecule has 0 saturated carbocycles. The molecule has 1 heterocycles. The molecule has 1 N–H and O–H groups in total. The number of hydrogen-bond acceptors (Lipinski definition) is 2. The third-order valence-electron chi connectivity index (χ3n) is 4.08. The van der Waals surface area contributed by atoms with E-state index in [2.05, 4.69) is 37.1 Å². The molecule has 1 unspecified atom stereocenters. The van der Waals surface area contributed by atoms with Crippen molar-refractivity contribution in [1.82, 2.24) is 4.90 Å². The van der Waals surface area contributed by atoms with Gasteiger partial charge >= 0.3 is 0 Å². The van der Waals surface area contributed by atoms with Gasteiger partial charge in [-0.3, -0.25) is 4.79 Å². The van der Waals surface area contributed by atoms with E-state index in [0.29, 0.717) is 6.04 Å². The van der Waals surface area contributed by atoms with Crippen LogP contribution < -0.4 is 5.32 Å². The standard InChI is InChI=1S/C17H26N2O/c1-4-10-18-16-12-13(3)8-9-15(16)17(20)19-11-6-7-14(19)5-2/h8-9,12,14,18H,4-7,10-11H2,1-3H3. The molecule has 20 heavy (non-hydrogen) atoms. The van der Waals surface area contributed by atoms with E-state index in [1.807, 2.05) is 12.1 Å². The lowest BCUT2D eigenvalue weighted by Gasteiger charge is -2.25. The monoisotopic (exact) mass is 274 g/mol. The van der Waals surface area contributed by atoms with E-state index in [9.17, 15) is 4.79 Å². The second kappa shape index (κ2) is 6.78. The van der Waals surface area contributed by atoms with Crippen LogP contribution in [0.2, 0.25) is 0 Å². The average molecular weight is 274 g/mol.